The van der Waals surface area contributed by atoms with Crippen LogP contribution in [0.15, 0.2) is 72.8 Å². The highest BCUT2D eigenvalue weighted by molar-refractivity contribution is 6.21. The van der Waals surface area contributed by atoms with Crippen molar-refractivity contribution in [2.45, 2.75) is 57.8 Å². The standard InChI is InChI=1S/C23H26.C8H5NO2/c1-2-3-4-8-17-10-7-12-21-20(17)15-16-22-19-11-6-5-9-18(19)13-14-23(21)22;10-7-5-3-1-2-4-6(5)8(11)9-7/h5-6,9,11,13-17H,2-4,7-8,10,12H2,1H3;1-4H,(H,9,10,11). The molecule has 0 spiro atoms. The van der Waals surface area contributed by atoms with E-state index < -0.39 is 0 Å². The van der Waals surface area contributed by atoms with Crippen molar-refractivity contribution in [2.75, 3.05) is 0 Å². The van der Waals surface area contributed by atoms with Gasteiger partial charge in [-0.1, -0.05) is 86.8 Å². The summed E-state index contributed by atoms with van der Waals surface area (Å²) in [4.78, 5) is 21.9. The third-order valence-corrected chi connectivity index (χ3v) is 7.29. The lowest BCUT2D eigenvalue weighted by molar-refractivity contribution is 0.0879. The van der Waals surface area contributed by atoms with Crippen molar-refractivity contribution in [1.82, 2.24) is 5.32 Å². The molecule has 0 radical (unpaired) electrons. The van der Waals surface area contributed by atoms with Crippen molar-refractivity contribution in [3.05, 3.63) is 95.1 Å². The summed E-state index contributed by atoms with van der Waals surface area (Å²) in [5, 5.41) is 7.91. The molecule has 0 saturated heterocycles. The molecule has 3 heteroatoms. The number of aryl methyl sites for hydroxylation is 1. The summed E-state index contributed by atoms with van der Waals surface area (Å²) in [6.07, 6.45) is 9.46. The highest BCUT2D eigenvalue weighted by atomic mass is 16.2. The summed E-state index contributed by atoms with van der Waals surface area (Å²) >= 11 is 0. The average molecular weight is 450 g/mol. The first-order chi connectivity index (χ1) is 16.7. The highest BCUT2D eigenvalue weighted by Crippen LogP contribution is 2.40. The molecule has 0 saturated carbocycles. The maximum Gasteiger partial charge on any atom is 0.258 e. The predicted molar refractivity (Wildman–Crippen MR) is 140 cm³/mol. The number of hydrogen-bond acceptors (Lipinski definition) is 2. The van der Waals surface area contributed by atoms with Gasteiger partial charge in [0.1, 0.15) is 0 Å². The Hall–Kier alpha value is -3.46. The van der Waals surface area contributed by atoms with E-state index in [0.717, 1.165) is 5.92 Å². The second kappa shape index (κ2) is 9.80. The fourth-order valence-corrected chi connectivity index (χ4v) is 5.57. The van der Waals surface area contributed by atoms with E-state index in [1.54, 1.807) is 35.4 Å². The van der Waals surface area contributed by atoms with Crippen LogP contribution in [0.2, 0.25) is 0 Å². The molecule has 1 N–H and O–H groups in total. The molecular formula is C31H31NO2. The number of benzene rings is 4. The third-order valence-electron chi connectivity index (χ3n) is 7.29. The minimum atomic E-state index is -0.300. The van der Waals surface area contributed by atoms with Crippen LogP contribution in [0, 0.1) is 0 Å². The van der Waals surface area contributed by atoms with E-state index in [0.29, 0.717) is 11.1 Å². The van der Waals surface area contributed by atoms with Crippen molar-refractivity contribution >= 4 is 33.4 Å². The Morgan fingerprint density at radius 1 is 0.765 bits per heavy atom. The maximum absolute atomic E-state index is 10.9. The molecule has 1 aliphatic carbocycles. The Balaban J connectivity index is 0.000000183. The molecule has 2 aliphatic rings. The Bertz CT molecular complexity index is 1340. The van der Waals surface area contributed by atoms with Gasteiger partial charge in [-0.15, -0.1) is 0 Å². The zero-order valence-electron chi connectivity index (χ0n) is 19.8. The summed E-state index contributed by atoms with van der Waals surface area (Å²) in [5.41, 5.74) is 4.23. The molecule has 0 aromatic heterocycles. The molecule has 1 aliphatic heterocycles. The molecular weight excluding hydrogens is 418 g/mol. The lowest BCUT2D eigenvalue weighted by Gasteiger charge is -2.27. The fourth-order valence-electron chi connectivity index (χ4n) is 5.57. The first kappa shape index (κ1) is 22.3. The second-order valence-electron chi connectivity index (χ2n) is 9.43. The van der Waals surface area contributed by atoms with Crippen LogP contribution in [0.1, 0.15) is 83.2 Å². The number of nitrogens with one attached hydrogen (secondary N) is 1. The quantitative estimate of drug-likeness (QED) is 0.198. The normalized spacial score (nSPS) is 16.6. The molecule has 1 unspecified atom stereocenters. The van der Waals surface area contributed by atoms with Crippen molar-refractivity contribution in [1.29, 1.82) is 0 Å². The molecule has 172 valence electrons. The summed E-state index contributed by atoms with van der Waals surface area (Å²) in [6.45, 7) is 2.30. The molecule has 4 aromatic rings. The number of fused-ring (bicyclic) bond motifs is 6. The number of amides is 2. The number of hydrogen-bond donors (Lipinski definition) is 1. The smallest absolute Gasteiger partial charge is 0.258 e. The summed E-state index contributed by atoms with van der Waals surface area (Å²) in [6, 6.07) is 25.0. The van der Waals surface area contributed by atoms with Crippen LogP contribution in [0.4, 0.5) is 0 Å². The average Bonchev–Trinajstić information content (AvgIpc) is 3.17. The number of imide groups is 1. The maximum atomic E-state index is 10.9. The number of rotatable bonds is 4. The molecule has 6 rings (SSSR count). The van der Waals surface area contributed by atoms with Crippen molar-refractivity contribution in [2.24, 2.45) is 0 Å². The largest absolute Gasteiger partial charge is 0.288 e. The van der Waals surface area contributed by atoms with Gasteiger partial charge in [0, 0.05) is 0 Å². The van der Waals surface area contributed by atoms with E-state index in [9.17, 15) is 9.59 Å². The topological polar surface area (TPSA) is 46.2 Å². The van der Waals surface area contributed by atoms with Gasteiger partial charge in [-0.25, -0.2) is 0 Å². The van der Waals surface area contributed by atoms with Gasteiger partial charge in [0.15, 0.2) is 0 Å². The van der Waals surface area contributed by atoms with Gasteiger partial charge >= 0.3 is 0 Å². The number of carbonyl (C=O) groups is 2. The Morgan fingerprint density at radius 2 is 1.47 bits per heavy atom. The Kier molecular flexibility index (Phi) is 6.44. The van der Waals surface area contributed by atoms with Gasteiger partial charge in [-0.3, -0.25) is 14.9 Å². The summed E-state index contributed by atoms with van der Waals surface area (Å²) < 4.78 is 0. The lowest BCUT2D eigenvalue weighted by Crippen LogP contribution is -2.19. The summed E-state index contributed by atoms with van der Waals surface area (Å²) in [7, 11) is 0. The van der Waals surface area contributed by atoms with E-state index in [1.165, 1.54) is 66.5 Å². The van der Waals surface area contributed by atoms with Crippen LogP contribution in [-0.4, -0.2) is 11.8 Å². The molecule has 1 atom stereocenters. The number of unbranched alkanes of at least 4 members (excludes halogenated alkanes) is 2. The molecule has 3 nitrogen and oxygen atoms in total. The minimum absolute atomic E-state index is 0.300. The van der Waals surface area contributed by atoms with Gasteiger partial charge in [0.2, 0.25) is 0 Å². The van der Waals surface area contributed by atoms with Gasteiger partial charge in [-0.2, -0.15) is 0 Å². The SMILES string of the molecule is CCCCCC1CCCc2c1ccc1c2ccc2ccccc21.O=C1NC(=O)c2ccccc21. The molecule has 1 heterocycles. The van der Waals surface area contributed by atoms with Crippen LogP contribution in [-0.2, 0) is 6.42 Å². The van der Waals surface area contributed by atoms with Gasteiger partial charge in [0.05, 0.1) is 11.1 Å². The van der Waals surface area contributed by atoms with Crippen LogP contribution in [0.25, 0.3) is 21.5 Å². The monoisotopic (exact) mass is 449 g/mol. The van der Waals surface area contributed by atoms with E-state index >= 15 is 0 Å². The molecule has 0 fully saturated rings. The van der Waals surface area contributed by atoms with E-state index in [2.05, 4.69) is 60.8 Å². The summed E-state index contributed by atoms with van der Waals surface area (Å²) in [5.74, 6) is 0.192. The second-order valence-corrected chi connectivity index (χ2v) is 9.43. The highest BCUT2D eigenvalue weighted by Gasteiger charge is 2.25. The van der Waals surface area contributed by atoms with Crippen LogP contribution >= 0.6 is 0 Å². The fraction of sp³-hybridized carbons (Fsp3) is 0.290. The first-order valence-electron chi connectivity index (χ1n) is 12.6. The van der Waals surface area contributed by atoms with E-state index in [-0.39, 0.29) is 11.8 Å². The molecule has 4 aromatic carbocycles. The van der Waals surface area contributed by atoms with Crippen molar-refractivity contribution < 1.29 is 9.59 Å². The molecule has 34 heavy (non-hydrogen) atoms. The van der Waals surface area contributed by atoms with E-state index in [4.69, 9.17) is 0 Å². The van der Waals surface area contributed by atoms with Gasteiger partial charge in [-0.05, 0) is 76.4 Å². The molecule has 0 bridgehead atoms. The van der Waals surface area contributed by atoms with Crippen molar-refractivity contribution in [3.8, 4) is 0 Å². The zero-order valence-corrected chi connectivity index (χ0v) is 19.8. The predicted octanol–water partition coefficient (Wildman–Crippen LogP) is 7.56. The molecule has 2 amide bonds. The van der Waals surface area contributed by atoms with Gasteiger partial charge in [0.25, 0.3) is 11.8 Å². The number of carbonyl (C=O) groups excluding carboxylic acids is 2. The third kappa shape index (κ3) is 4.23. The first-order valence-corrected chi connectivity index (χ1v) is 12.6. The van der Waals surface area contributed by atoms with Crippen LogP contribution in [0.3, 0.4) is 0 Å². The minimum Gasteiger partial charge on any atom is -0.288 e. The zero-order chi connectivity index (χ0) is 23.5. The van der Waals surface area contributed by atoms with Gasteiger partial charge < -0.3 is 0 Å². The Labute approximate surface area is 201 Å². The van der Waals surface area contributed by atoms with Crippen LogP contribution < -0.4 is 5.32 Å². The van der Waals surface area contributed by atoms with Crippen molar-refractivity contribution in [3.63, 3.8) is 0 Å². The van der Waals surface area contributed by atoms with Crippen LogP contribution in [0.5, 0.6) is 0 Å². The van der Waals surface area contributed by atoms with E-state index in [1.807, 2.05) is 0 Å². The lowest BCUT2D eigenvalue weighted by atomic mass is 9.78. The Morgan fingerprint density at radius 3 is 2.24 bits per heavy atom.